The van der Waals surface area contributed by atoms with E-state index in [1.165, 1.54) is 173 Å². The van der Waals surface area contributed by atoms with E-state index in [0.29, 0.717) is 19.4 Å². The molecule has 0 aromatic heterocycles. The lowest BCUT2D eigenvalue weighted by molar-refractivity contribution is -0.143. The van der Waals surface area contributed by atoms with E-state index in [2.05, 4.69) is 19.2 Å². The SMILES string of the molecule is CCCCCCCCCCCCCCC/C=C/C(O)C(CO)NC(=O)CCCCCCCCCCCCOC(=O)CCCCCCCCCCCCCC. The molecule has 0 aliphatic heterocycles. The van der Waals surface area contributed by atoms with Gasteiger partial charge in [-0.2, -0.15) is 0 Å². The smallest absolute Gasteiger partial charge is 0.305 e. The number of amides is 1. The highest BCUT2D eigenvalue weighted by Crippen LogP contribution is 2.15. The van der Waals surface area contributed by atoms with Crippen LogP contribution in [0.4, 0.5) is 0 Å². The molecule has 0 bridgehead atoms. The maximum absolute atomic E-state index is 12.4. The topological polar surface area (TPSA) is 95.9 Å². The summed E-state index contributed by atoms with van der Waals surface area (Å²) in [7, 11) is 0. The number of allylic oxidation sites excluding steroid dienone is 1. The Kier molecular flexibility index (Phi) is 43.2. The summed E-state index contributed by atoms with van der Waals surface area (Å²) in [5.41, 5.74) is 0. The number of unbranched alkanes of at least 4 members (excludes halogenated alkanes) is 33. The first-order valence-electron chi connectivity index (χ1n) is 24.0. The molecule has 2 atom stereocenters. The van der Waals surface area contributed by atoms with Crippen LogP contribution in [0.3, 0.4) is 0 Å². The highest BCUT2D eigenvalue weighted by Gasteiger charge is 2.18. The van der Waals surface area contributed by atoms with Crippen LogP contribution in [0.1, 0.15) is 258 Å². The van der Waals surface area contributed by atoms with Gasteiger partial charge in [0.05, 0.1) is 25.4 Å². The van der Waals surface area contributed by atoms with Crippen LogP contribution in [0.15, 0.2) is 12.2 Å². The summed E-state index contributed by atoms with van der Waals surface area (Å²) in [6.07, 6.45) is 49.1. The average molecular weight is 764 g/mol. The van der Waals surface area contributed by atoms with Crippen molar-refractivity contribution in [1.29, 1.82) is 0 Å². The van der Waals surface area contributed by atoms with Crippen LogP contribution in [-0.4, -0.2) is 47.4 Å². The fourth-order valence-electron chi connectivity index (χ4n) is 7.34. The first-order chi connectivity index (χ1) is 26.5. The number of rotatable bonds is 44. The third-order valence-corrected chi connectivity index (χ3v) is 11.1. The molecule has 0 radical (unpaired) electrons. The van der Waals surface area contributed by atoms with Crippen molar-refractivity contribution in [3.8, 4) is 0 Å². The summed E-state index contributed by atoms with van der Waals surface area (Å²) in [5, 5.41) is 23.0. The second kappa shape index (κ2) is 44.3. The Hall–Kier alpha value is -1.40. The Morgan fingerprint density at radius 2 is 0.852 bits per heavy atom. The Balaban J connectivity index is 3.52. The molecule has 0 aliphatic rings. The highest BCUT2D eigenvalue weighted by atomic mass is 16.5. The molecule has 320 valence electrons. The predicted octanol–water partition coefficient (Wildman–Crippen LogP) is 13.8. The fraction of sp³-hybridized carbons (Fsp3) is 0.917. The Labute approximate surface area is 336 Å². The van der Waals surface area contributed by atoms with Crippen molar-refractivity contribution in [2.75, 3.05) is 13.2 Å². The van der Waals surface area contributed by atoms with Crippen molar-refractivity contribution < 1.29 is 24.5 Å². The van der Waals surface area contributed by atoms with Gasteiger partial charge in [-0.15, -0.1) is 0 Å². The van der Waals surface area contributed by atoms with E-state index in [1.807, 2.05) is 6.08 Å². The molecule has 0 heterocycles. The first kappa shape index (κ1) is 52.6. The van der Waals surface area contributed by atoms with Crippen LogP contribution in [0.25, 0.3) is 0 Å². The molecule has 3 N–H and O–H groups in total. The third kappa shape index (κ3) is 40.3. The zero-order valence-electron chi connectivity index (χ0n) is 36.2. The van der Waals surface area contributed by atoms with Gasteiger partial charge in [0.2, 0.25) is 5.91 Å². The van der Waals surface area contributed by atoms with Gasteiger partial charge in [0.25, 0.3) is 0 Å². The standard InChI is InChI=1S/C48H93NO5/c1-3-5-7-9-11-13-15-17-18-19-20-24-28-32-36-40-46(51)45(44-50)49-47(52)41-37-33-29-25-22-23-27-31-35-39-43-54-48(53)42-38-34-30-26-21-16-14-12-10-8-6-4-2/h36,40,45-46,50-51H,3-35,37-39,41-44H2,1-2H3,(H,49,52)/b40-36+. The fourth-order valence-corrected chi connectivity index (χ4v) is 7.34. The van der Waals surface area contributed by atoms with Crippen LogP contribution in [0.5, 0.6) is 0 Å². The van der Waals surface area contributed by atoms with Gasteiger partial charge in [-0.05, 0) is 32.1 Å². The minimum atomic E-state index is -0.857. The molecular formula is C48H93NO5. The Morgan fingerprint density at radius 1 is 0.500 bits per heavy atom. The van der Waals surface area contributed by atoms with Crippen molar-refractivity contribution in [2.45, 2.75) is 270 Å². The maximum Gasteiger partial charge on any atom is 0.305 e. The van der Waals surface area contributed by atoms with Crippen LogP contribution < -0.4 is 5.32 Å². The van der Waals surface area contributed by atoms with Crippen molar-refractivity contribution >= 4 is 11.9 Å². The lowest BCUT2D eigenvalue weighted by atomic mass is 10.0. The van der Waals surface area contributed by atoms with Gasteiger partial charge in [0.15, 0.2) is 0 Å². The largest absolute Gasteiger partial charge is 0.466 e. The van der Waals surface area contributed by atoms with E-state index < -0.39 is 12.1 Å². The van der Waals surface area contributed by atoms with Crippen molar-refractivity contribution in [2.24, 2.45) is 0 Å². The zero-order valence-corrected chi connectivity index (χ0v) is 36.2. The second-order valence-electron chi connectivity index (χ2n) is 16.5. The molecule has 0 spiro atoms. The van der Waals surface area contributed by atoms with Gasteiger partial charge in [-0.3, -0.25) is 9.59 Å². The molecule has 0 rings (SSSR count). The zero-order chi connectivity index (χ0) is 39.4. The molecule has 0 fully saturated rings. The molecule has 0 aliphatic carbocycles. The normalized spacial score (nSPS) is 12.7. The summed E-state index contributed by atoms with van der Waals surface area (Å²) in [4.78, 5) is 24.4. The highest BCUT2D eigenvalue weighted by molar-refractivity contribution is 5.76. The van der Waals surface area contributed by atoms with Crippen molar-refractivity contribution in [3.05, 3.63) is 12.2 Å². The number of aliphatic hydroxyl groups excluding tert-OH is 2. The van der Waals surface area contributed by atoms with Gasteiger partial charge in [0.1, 0.15) is 0 Å². The van der Waals surface area contributed by atoms with E-state index in [4.69, 9.17) is 4.74 Å². The van der Waals surface area contributed by atoms with Gasteiger partial charge < -0.3 is 20.3 Å². The molecule has 0 saturated carbocycles. The van der Waals surface area contributed by atoms with Gasteiger partial charge in [0, 0.05) is 12.8 Å². The molecule has 0 aromatic carbocycles. The monoisotopic (exact) mass is 764 g/mol. The summed E-state index contributed by atoms with van der Waals surface area (Å²) >= 11 is 0. The number of esters is 1. The summed E-state index contributed by atoms with van der Waals surface area (Å²) < 4.78 is 5.44. The number of nitrogens with one attached hydrogen (secondary N) is 1. The predicted molar refractivity (Wildman–Crippen MR) is 232 cm³/mol. The van der Waals surface area contributed by atoms with E-state index in [-0.39, 0.29) is 18.5 Å². The number of carbonyl (C=O) groups is 2. The Morgan fingerprint density at radius 3 is 1.26 bits per heavy atom. The van der Waals surface area contributed by atoms with Crippen molar-refractivity contribution in [1.82, 2.24) is 5.32 Å². The van der Waals surface area contributed by atoms with Crippen LogP contribution >= 0.6 is 0 Å². The molecule has 0 aromatic rings. The second-order valence-corrected chi connectivity index (χ2v) is 16.5. The van der Waals surface area contributed by atoms with E-state index in [1.54, 1.807) is 6.08 Å². The molecule has 1 amide bonds. The van der Waals surface area contributed by atoms with E-state index in [9.17, 15) is 19.8 Å². The van der Waals surface area contributed by atoms with Crippen molar-refractivity contribution in [3.63, 3.8) is 0 Å². The average Bonchev–Trinajstić information content (AvgIpc) is 3.17. The van der Waals surface area contributed by atoms with Crippen LogP contribution in [-0.2, 0) is 14.3 Å². The molecule has 54 heavy (non-hydrogen) atoms. The number of ether oxygens (including phenoxy) is 1. The molecular weight excluding hydrogens is 671 g/mol. The number of carbonyl (C=O) groups excluding carboxylic acids is 2. The lowest BCUT2D eigenvalue weighted by Crippen LogP contribution is -2.45. The summed E-state index contributed by atoms with van der Waals surface area (Å²) in [6, 6.07) is -0.642. The number of aliphatic hydroxyl groups is 2. The minimum absolute atomic E-state index is 0.0203. The molecule has 2 unspecified atom stereocenters. The number of hydrogen-bond donors (Lipinski definition) is 3. The molecule has 0 saturated heterocycles. The maximum atomic E-state index is 12.4. The number of hydrogen-bond acceptors (Lipinski definition) is 5. The third-order valence-electron chi connectivity index (χ3n) is 11.1. The molecule has 6 heteroatoms. The first-order valence-corrected chi connectivity index (χ1v) is 24.0. The van der Waals surface area contributed by atoms with Gasteiger partial charge >= 0.3 is 5.97 Å². The van der Waals surface area contributed by atoms with Crippen LogP contribution in [0.2, 0.25) is 0 Å². The van der Waals surface area contributed by atoms with E-state index in [0.717, 1.165) is 57.8 Å². The summed E-state index contributed by atoms with van der Waals surface area (Å²) in [5.74, 6) is -0.110. The van der Waals surface area contributed by atoms with E-state index >= 15 is 0 Å². The Bertz CT molecular complexity index is 802. The molecule has 6 nitrogen and oxygen atoms in total. The van der Waals surface area contributed by atoms with Crippen LogP contribution in [0, 0.1) is 0 Å². The van der Waals surface area contributed by atoms with Gasteiger partial charge in [-0.1, -0.05) is 225 Å². The lowest BCUT2D eigenvalue weighted by Gasteiger charge is -2.20. The van der Waals surface area contributed by atoms with Gasteiger partial charge in [-0.25, -0.2) is 0 Å². The minimum Gasteiger partial charge on any atom is -0.466 e. The quantitative estimate of drug-likeness (QED) is 0.0326. The summed E-state index contributed by atoms with van der Waals surface area (Å²) in [6.45, 7) is 4.85.